The monoisotopic (exact) mass is 391 g/mol. The van der Waals surface area contributed by atoms with Crippen LogP contribution in [0.15, 0.2) is 58.0 Å². The van der Waals surface area contributed by atoms with Gasteiger partial charge in [-0.2, -0.15) is 0 Å². The highest BCUT2D eigenvalue weighted by atomic mass is 79.9. The number of carbonyl (C=O) groups excluding carboxylic acids is 1. The van der Waals surface area contributed by atoms with Gasteiger partial charge in [-0.1, -0.05) is 24.3 Å². The summed E-state index contributed by atoms with van der Waals surface area (Å²) in [5.74, 6) is 2.16. The first-order valence-corrected chi connectivity index (χ1v) is 9.35. The molecule has 2 aromatic rings. The van der Waals surface area contributed by atoms with Gasteiger partial charge in [0, 0.05) is 23.7 Å². The van der Waals surface area contributed by atoms with E-state index in [1.54, 1.807) is 6.07 Å². The topological polar surface area (TPSA) is 45.2 Å². The highest BCUT2D eigenvalue weighted by Crippen LogP contribution is 2.26. The molecule has 4 nitrogen and oxygen atoms in total. The molecule has 23 heavy (non-hydrogen) atoms. The van der Waals surface area contributed by atoms with E-state index in [1.807, 2.05) is 34.9 Å². The fraction of sp³-hybridized carbons (Fsp3) is 0.294. The number of pyridine rings is 1. The van der Waals surface area contributed by atoms with E-state index in [-0.39, 0.29) is 6.03 Å². The standard InChI is InChI=1S/C17H18BrN3OS/c18-15-7-4-8-16(19-15)20-17(22)21-10-9-13(11-21)12-23-14-5-2-1-3-6-14/h1-8,13H,9-12H2,(H,19,20,22). The minimum absolute atomic E-state index is 0.0668. The first-order chi connectivity index (χ1) is 11.2. The summed E-state index contributed by atoms with van der Waals surface area (Å²) in [6.45, 7) is 1.61. The molecular weight excluding hydrogens is 374 g/mol. The molecule has 0 spiro atoms. The minimum atomic E-state index is -0.0668. The maximum Gasteiger partial charge on any atom is 0.323 e. The number of nitrogens with zero attached hydrogens (tertiary/aromatic N) is 2. The van der Waals surface area contributed by atoms with Crippen LogP contribution in [-0.2, 0) is 0 Å². The zero-order chi connectivity index (χ0) is 16.1. The summed E-state index contributed by atoms with van der Waals surface area (Å²) in [4.78, 5) is 19.7. The van der Waals surface area contributed by atoms with E-state index >= 15 is 0 Å². The number of aromatic nitrogens is 1. The van der Waals surface area contributed by atoms with E-state index in [0.717, 1.165) is 25.3 Å². The number of benzene rings is 1. The lowest BCUT2D eigenvalue weighted by Gasteiger charge is -2.17. The molecule has 1 aliphatic rings. The van der Waals surface area contributed by atoms with Crippen LogP contribution in [-0.4, -0.2) is 34.8 Å². The smallest absolute Gasteiger partial charge is 0.323 e. The summed E-state index contributed by atoms with van der Waals surface area (Å²) in [5, 5.41) is 2.86. The third kappa shape index (κ3) is 4.72. The van der Waals surface area contributed by atoms with Crippen molar-refractivity contribution in [3.05, 3.63) is 53.1 Å². The minimum Gasteiger partial charge on any atom is -0.324 e. The Hall–Kier alpha value is -1.53. The number of halogens is 1. The van der Waals surface area contributed by atoms with Crippen molar-refractivity contribution in [1.29, 1.82) is 0 Å². The first-order valence-electron chi connectivity index (χ1n) is 7.57. The lowest BCUT2D eigenvalue weighted by atomic mass is 10.2. The Balaban J connectivity index is 1.48. The summed E-state index contributed by atoms with van der Waals surface area (Å²) in [6.07, 6.45) is 1.05. The highest BCUT2D eigenvalue weighted by molar-refractivity contribution is 9.10. The van der Waals surface area contributed by atoms with Gasteiger partial charge in [-0.05, 0) is 52.5 Å². The van der Waals surface area contributed by atoms with Crippen LogP contribution in [0.25, 0.3) is 0 Å². The average molecular weight is 392 g/mol. The van der Waals surface area contributed by atoms with Gasteiger partial charge in [-0.15, -0.1) is 11.8 Å². The molecule has 1 saturated heterocycles. The molecule has 0 radical (unpaired) electrons. The van der Waals surface area contributed by atoms with Gasteiger partial charge in [0.1, 0.15) is 10.4 Å². The van der Waals surface area contributed by atoms with Gasteiger partial charge in [0.2, 0.25) is 0 Å². The number of thioether (sulfide) groups is 1. The molecule has 0 aliphatic carbocycles. The predicted octanol–water partition coefficient (Wildman–Crippen LogP) is 4.49. The van der Waals surface area contributed by atoms with Crippen molar-refractivity contribution < 1.29 is 4.79 Å². The lowest BCUT2D eigenvalue weighted by molar-refractivity contribution is 0.221. The molecule has 1 aromatic heterocycles. The second-order valence-electron chi connectivity index (χ2n) is 5.50. The molecule has 0 bridgehead atoms. The molecule has 1 atom stereocenters. The van der Waals surface area contributed by atoms with E-state index in [1.165, 1.54) is 4.90 Å². The molecule has 2 amide bonds. The molecule has 6 heteroatoms. The number of urea groups is 1. The van der Waals surface area contributed by atoms with E-state index in [9.17, 15) is 4.79 Å². The van der Waals surface area contributed by atoms with Crippen LogP contribution in [0.2, 0.25) is 0 Å². The number of likely N-dealkylation sites (tertiary alicyclic amines) is 1. The zero-order valence-electron chi connectivity index (χ0n) is 12.6. The SMILES string of the molecule is O=C(Nc1cccc(Br)n1)N1CCC(CSc2ccccc2)C1. The van der Waals surface area contributed by atoms with Gasteiger partial charge in [0.15, 0.2) is 0 Å². The molecule has 2 heterocycles. The van der Waals surface area contributed by atoms with Crippen molar-refractivity contribution in [3.8, 4) is 0 Å². The molecule has 3 rings (SSSR count). The average Bonchev–Trinajstić information content (AvgIpc) is 3.03. The number of hydrogen-bond acceptors (Lipinski definition) is 3. The Bertz CT molecular complexity index is 668. The number of nitrogens with one attached hydrogen (secondary N) is 1. The van der Waals surface area contributed by atoms with Crippen LogP contribution in [0, 0.1) is 5.92 Å². The summed E-state index contributed by atoms with van der Waals surface area (Å²) >= 11 is 5.17. The number of anilines is 1. The molecule has 1 unspecified atom stereocenters. The maximum atomic E-state index is 12.3. The normalized spacial score (nSPS) is 17.3. The van der Waals surface area contributed by atoms with Gasteiger partial charge in [-0.25, -0.2) is 9.78 Å². The lowest BCUT2D eigenvalue weighted by Crippen LogP contribution is -2.33. The Morgan fingerprint density at radius 2 is 2.09 bits per heavy atom. The fourth-order valence-electron chi connectivity index (χ4n) is 2.55. The second-order valence-corrected chi connectivity index (χ2v) is 7.41. The first kappa shape index (κ1) is 16.3. The number of hydrogen-bond donors (Lipinski definition) is 1. The van der Waals surface area contributed by atoms with Crippen molar-refractivity contribution in [2.75, 3.05) is 24.2 Å². The fourth-order valence-corrected chi connectivity index (χ4v) is 3.94. The number of carbonyl (C=O) groups is 1. The quantitative estimate of drug-likeness (QED) is 0.616. The van der Waals surface area contributed by atoms with Crippen LogP contribution in [0.4, 0.5) is 10.6 Å². The van der Waals surface area contributed by atoms with Gasteiger partial charge in [0.05, 0.1) is 0 Å². The van der Waals surface area contributed by atoms with E-state index in [2.05, 4.69) is 50.5 Å². The number of amides is 2. The van der Waals surface area contributed by atoms with Crippen molar-refractivity contribution in [3.63, 3.8) is 0 Å². The van der Waals surface area contributed by atoms with E-state index in [0.29, 0.717) is 16.3 Å². The molecule has 1 N–H and O–H groups in total. The maximum absolute atomic E-state index is 12.3. The Labute approximate surface area is 148 Å². The second kappa shape index (κ2) is 7.84. The van der Waals surface area contributed by atoms with Crippen molar-refractivity contribution in [2.45, 2.75) is 11.3 Å². The van der Waals surface area contributed by atoms with Gasteiger partial charge < -0.3 is 4.90 Å². The third-order valence-electron chi connectivity index (χ3n) is 3.75. The summed E-state index contributed by atoms with van der Waals surface area (Å²) < 4.78 is 0.717. The third-order valence-corrected chi connectivity index (χ3v) is 5.44. The van der Waals surface area contributed by atoms with Crippen LogP contribution in [0.3, 0.4) is 0 Å². The van der Waals surface area contributed by atoms with Crippen LogP contribution >= 0.6 is 27.7 Å². The zero-order valence-corrected chi connectivity index (χ0v) is 15.0. The molecule has 0 saturated carbocycles. The molecule has 120 valence electrons. The van der Waals surface area contributed by atoms with Crippen LogP contribution < -0.4 is 5.32 Å². The molecule has 1 fully saturated rings. The Kier molecular flexibility index (Phi) is 5.56. The van der Waals surface area contributed by atoms with Gasteiger partial charge in [0.25, 0.3) is 0 Å². The van der Waals surface area contributed by atoms with Crippen molar-refractivity contribution >= 4 is 39.5 Å². The summed E-state index contributed by atoms with van der Waals surface area (Å²) in [7, 11) is 0. The summed E-state index contributed by atoms with van der Waals surface area (Å²) in [6, 6.07) is 15.8. The van der Waals surface area contributed by atoms with Crippen LogP contribution in [0.5, 0.6) is 0 Å². The van der Waals surface area contributed by atoms with Crippen LogP contribution in [0.1, 0.15) is 6.42 Å². The van der Waals surface area contributed by atoms with Gasteiger partial charge >= 0.3 is 6.03 Å². The Morgan fingerprint density at radius 3 is 2.87 bits per heavy atom. The largest absolute Gasteiger partial charge is 0.324 e. The van der Waals surface area contributed by atoms with E-state index < -0.39 is 0 Å². The molecular formula is C17H18BrN3OS. The Morgan fingerprint density at radius 1 is 1.26 bits per heavy atom. The highest BCUT2D eigenvalue weighted by Gasteiger charge is 2.26. The van der Waals surface area contributed by atoms with Crippen molar-refractivity contribution in [2.24, 2.45) is 5.92 Å². The number of rotatable bonds is 4. The summed E-state index contributed by atoms with van der Waals surface area (Å²) in [5.41, 5.74) is 0. The van der Waals surface area contributed by atoms with Gasteiger partial charge in [-0.3, -0.25) is 5.32 Å². The predicted molar refractivity (Wildman–Crippen MR) is 97.8 cm³/mol. The van der Waals surface area contributed by atoms with E-state index in [4.69, 9.17) is 0 Å². The molecule has 1 aliphatic heterocycles. The molecule has 1 aromatic carbocycles. The van der Waals surface area contributed by atoms with Crippen molar-refractivity contribution in [1.82, 2.24) is 9.88 Å².